The van der Waals surface area contributed by atoms with Gasteiger partial charge in [0.15, 0.2) is 0 Å². The third-order valence-corrected chi connectivity index (χ3v) is 9.52. The van der Waals surface area contributed by atoms with Gasteiger partial charge in [-0.1, -0.05) is 121 Å². The highest BCUT2D eigenvalue weighted by molar-refractivity contribution is 8.00. The molecule has 8 rings (SSSR count). The van der Waals surface area contributed by atoms with Gasteiger partial charge >= 0.3 is 0 Å². The van der Waals surface area contributed by atoms with Crippen LogP contribution in [0.1, 0.15) is 0 Å². The topological polar surface area (TPSA) is 0 Å². The SMILES string of the molecule is c1ccc(-c2ccc3c(c2)Sc2ccc4c5c(ccc-3c25)-c2ccc(-c3ccccc3)cc2S4)cc1. The van der Waals surface area contributed by atoms with Crippen LogP contribution in [0.5, 0.6) is 0 Å². The van der Waals surface area contributed by atoms with Crippen molar-refractivity contribution in [2.45, 2.75) is 19.6 Å². The summed E-state index contributed by atoms with van der Waals surface area (Å²) in [4.78, 5) is 5.38. The summed E-state index contributed by atoms with van der Waals surface area (Å²) < 4.78 is 0. The lowest BCUT2D eigenvalue weighted by Crippen LogP contribution is -1.99. The number of hydrogen-bond donors (Lipinski definition) is 0. The molecule has 0 saturated carbocycles. The van der Waals surface area contributed by atoms with E-state index in [0.717, 1.165) is 0 Å². The van der Waals surface area contributed by atoms with Gasteiger partial charge in [-0.3, -0.25) is 0 Å². The molecule has 0 aromatic heterocycles. The largest absolute Gasteiger partial charge is 0.0887 e. The predicted octanol–water partition coefficient (Wildman–Crippen LogP) is 10.4. The minimum absolute atomic E-state index is 1.26. The summed E-state index contributed by atoms with van der Waals surface area (Å²) in [6.45, 7) is 0. The summed E-state index contributed by atoms with van der Waals surface area (Å²) in [5.74, 6) is 0. The smallest absolute Gasteiger partial charge is 0.0208 e. The van der Waals surface area contributed by atoms with Gasteiger partial charge in [0.05, 0.1) is 0 Å². The molecule has 0 unspecified atom stereocenters. The first-order valence-corrected chi connectivity index (χ1v) is 13.8. The lowest BCUT2D eigenvalue weighted by atomic mass is 9.90. The quantitative estimate of drug-likeness (QED) is 0.235. The molecule has 0 N–H and O–H groups in total. The highest BCUT2D eigenvalue weighted by Crippen LogP contribution is 2.56. The van der Waals surface area contributed by atoms with Gasteiger partial charge in [-0.15, -0.1) is 0 Å². The Kier molecular flexibility index (Phi) is 4.49. The zero-order valence-electron chi connectivity index (χ0n) is 19.4. The molecule has 2 heterocycles. The van der Waals surface area contributed by atoms with Gasteiger partial charge in [-0.05, 0) is 68.8 Å². The molecule has 0 nitrogen and oxygen atoms in total. The van der Waals surface area contributed by atoms with E-state index in [4.69, 9.17) is 0 Å². The fourth-order valence-corrected chi connectivity index (χ4v) is 7.89. The van der Waals surface area contributed by atoms with Crippen LogP contribution in [0.3, 0.4) is 0 Å². The van der Waals surface area contributed by atoms with Crippen molar-refractivity contribution < 1.29 is 0 Å². The molecule has 0 bridgehead atoms. The predicted molar refractivity (Wildman–Crippen MR) is 154 cm³/mol. The van der Waals surface area contributed by atoms with E-state index in [2.05, 4.69) is 121 Å². The average molecular weight is 493 g/mol. The van der Waals surface area contributed by atoms with E-state index in [9.17, 15) is 0 Å². The van der Waals surface area contributed by atoms with E-state index >= 15 is 0 Å². The fourth-order valence-electron chi connectivity index (χ4n) is 5.57. The summed E-state index contributed by atoms with van der Waals surface area (Å²) in [5, 5.41) is 2.81. The summed E-state index contributed by atoms with van der Waals surface area (Å²) in [6, 6.07) is 44.5. The zero-order chi connectivity index (χ0) is 23.6. The van der Waals surface area contributed by atoms with Crippen LogP contribution in [-0.2, 0) is 0 Å². The van der Waals surface area contributed by atoms with Crippen molar-refractivity contribution in [1.82, 2.24) is 0 Å². The van der Waals surface area contributed by atoms with E-state index in [-0.39, 0.29) is 0 Å². The Morgan fingerprint density at radius 1 is 0.306 bits per heavy atom. The fraction of sp³-hybridized carbons (Fsp3) is 0. The summed E-state index contributed by atoms with van der Waals surface area (Å²) in [7, 11) is 0. The highest BCUT2D eigenvalue weighted by atomic mass is 32.2. The molecule has 0 radical (unpaired) electrons. The molecule has 0 aliphatic carbocycles. The van der Waals surface area contributed by atoms with Crippen LogP contribution >= 0.6 is 23.5 Å². The third-order valence-electron chi connectivity index (χ3n) is 7.28. The molecule has 6 aromatic rings. The Labute approximate surface area is 219 Å². The van der Waals surface area contributed by atoms with Crippen LogP contribution in [0.4, 0.5) is 0 Å². The maximum atomic E-state index is 2.35. The van der Waals surface area contributed by atoms with Crippen LogP contribution in [0, 0.1) is 0 Å². The van der Waals surface area contributed by atoms with Crippen molar-refractivity contribution in [3.8, 4) is 44.5 Å². The number of fused-ring (bicyclic) bond motifs is 4. The van der Waals surface area contributed by atoms with Crippen molar-refractivity contribution in [1.29, 1.82) is 0 Å². The molecule has 0 amide bonds. The van der Waals surface area contributed by atoms with Gasteiger partial charge in [-0.25, -0.2) is 0 Å². The molecule has 0 spiro atoms. The van der Waals surface area contributed by atoms with Gasteiger partial charge in [0.25, 0.3) is 0 Å². The summed E-state index contributed by atoms with van der Waals surface area (Å²) in [6.07, 6.45) is 0. The standard InChI is InChI=1S/C34H20S2/c1-3-7-21(8-4-1)23-11-13-25-27-15-16-28-26-14-12-24(22-9-5-2-6-10-22)20-32(26)36-30-18-17-29(33(27)34(28)30)35-31(25)19-23/h1-20H. The normalized spacial score (nSPS) is 12.8. The Morgan fingerprint density at radius 2 is 0.722 bits per heavy atom. The van der Waals surface area contributed by atoms with Gasteiger partial charge in [-0.2, -0.15) is 0 Å². The molecule has 2 aliphatic heterocycles. The first-order chi connectivity index (χ1) is 17.8. The Hall–Kier alpha value is -3.72. The second-order valence-electron chi connectivity index (χ2n) is 9.33. The van der Waals surface area contributed by atoms with Crippen molar-refractivity contribution in [2.24, 2.45) is 0 Å². The van der Waals surface area contributed by atoms with Crippen molar-refractivity contribution >= 4 is 34.3 Å². The Morgan fingerprint density at radius 3 is 1.17 bits per heavy atom. The molecule has 2 heteroatoms. The molecule has 0 saturated heterocycles. The average Bonchev–Trinajstić information content (AvgIpc) is 2.95. The highest BCUT2D eigenvalue weighted by Gasteiger charge is 2.26. The van der Waals surface area contributed by atoms with Crippen LogP contribution in [0.2, 0.25) is 0 Å². The maximum absolute atomic E-state index is 2.35. The second-order valence-corrected chi connectivity index (χ2v) is 11.5. The minimum Gasteiger partial charge on any atom is -0.0887 e. The molecule has 2 aliphatic rings. The van der Waals surface area contributed by atoms with E-state index in [1.165, 1.54) is 74.9 Å². The Bertz CT molecular complexity index is 1680. The monoisotopic (exact) mass is 492 g/mol. The van der Waals surface area contributed by atoms with Crippen molar-refractivity contribution in [2.75, 3.05) is 0 Å². The number of benzene rings is 6. The van der Waals surface area contributed by atoms with Gasteiger partial charge in [0, 0.05) is 30.4 Å². The van der Waals surface area contributed by atoms with E-state index in [1.54, 1.807) is 0 Å². The van der Waals surface area contributed by atoms with Gasteiger partial charge in [0.1, 0.15) is 0 Å². The first kappa shape index (κ1) is 20.5. The van der Waals surface area contributed by atoms with E-state index in [1.807, 2.05) is 23.5 Å². The lowest BCUT2D eigenvalue weighted by Gasteiger charge is -2.27. The molecule has 0 atom stereocenters. The minimum atomic E-state index is 1.26. The lowest BCUT2D eigenvalue weighted by molar-refractivity contribution is 1.34. The third kappa shape index (κ3) is 3.05. The van der Waals surface area contributed by atoms with Gasteiger partial charge in [0.2, 0.25) is 0 Å². The van der Waals surface area contributed by atoms with Crippen molar-refractivity contribution in [3.05, 3.63) is 121 Å². The second kappa shape index (κ2) is 7.89. The zero-order valence-corrected chi connectivity index (χ0v) is 21.0. The maximum Gasteiger partial charge on any atom is 0.0208 e. The molecule has 168 valence electrons. The molecular weight excluding hydrogens is 473 g/mol. The number of rotatable bonds is 2. The summed E-state index contributed by atoms with van der Waals surface area (Å²) in [5.41, 5.74) is 10.5. The molecular formula is C34H20S2. The van der Waals surface area contributed by atoms with Crippen molar-refractivity contribution in [3.63, 3.8) is 0 Å². The molecule has 36 heavy (non-hydrogen) atoms. The van der Waals surface area contributed by atoms with E-state index < -0.39 is 0 Å². The van der Waals surface area contributed by atoms with Crippen LogP contribution in [0.25, 0.3) is 55.3 Å². The Balaban J connectivity index is 1.30. The van der Waals surface area contributed by atoms with Crippen LogP contribution in [0.15, 0.2) is 141 Å². The molecule has 6 aromatic carbocycles. The first-order valence-electron chi connectivity index (χ1n) is 12.2. The van der Waals surface area contributed by atoms with Crippen LogP contribution in [-0.4, -0.2) is 0 Å². The molecule has 0 fully saturated rings. The number of hydrogen-bond acceptors (Lipinski definition) is 2. The van der Waals surface area contributed by atoms with Gasteiger partial charge < -0.3 is 0 Å². The summed E-state index contributed by atoms with van der Waals surface area (Å²) >= 11 is 3.82. The van der Waals surface area contributed by atoms with E-state index in [0.29, 0.717) is 0 Å². The van der Waals surface area contributed by atoms with Crippen LogP contribution < -0.4 is 0 Å².